The lowest BCUT2D eigenvalue weighted by Crippen LogP contribution is -2.31. The smallest absolute Gasteiger partial charge is 0.191 e. The van der Waals surface area contributed by atoms with Crippen molar-refractivity contribution in [2.75, 3.05) is 30.0 Å². The molecule has 2 fully saturated rings. The predicted octanol–water partition coefficient (Wildman–Crippen LogP) is 3.00. The van der Waals surface area contributed by atoms with Crippen LogP contribution in [0, 0.1) is 5.92 Å². The van der Waals surface area contributed by atoms with Gasteiger partial charge in [0.25, 0.3) is 0 Å². The van der Waals surface area contributed by atoms with Gasteiger partial charge in [0.15, 0.2) is 5.16 Å². The quantitative estimate of drug-likeness (QED) is 0.596. The number of thioether (sulfide) groups is 1. The lowest BCUT2D eigenvalue weighted by Gasteiger charge is -2.20. The van der Waals surface area contributed by atoms with Crippen LogP contribution in [-0.2, 0) is 4.74 Å². The fourth-order valence-corrected chi connectivity index (χ4v) is 3.16. The van der Waals surface area contributed by atoms with Crippen molar-refractivity contribution in [3.8, 4) is 0 Å². The Balaban J connectivity index is 1.70. The molecular formula is C15H24N4OS. The van der Waals surface area contributed by atoms with E-state index in [1.165, 1.54) is 12.8 Å². The average Bonchev–Trinajstić information content (AvgIpc) is 3.25. The molecule has 1 aromatic heterocycles. The van der Waals surface area contributed by atoms with E-state index in [1.807, 2.05) is 12.3 Å². The van der Waals surface area contributed by atoms with Crippen LogP contribution in [0.3, 0.4) is 0 Å². The molecule has 6 heteroatoms. The number of nitrogens with one attached hydrogen (secondary N) is 2. The summed E-state index contributed by atoms with van der Waals surface area (Å²) in [6.45, 7) is 3.95. The van der Waals surface area contributed by atoms with Crippen LogP contribution < -0.4 is 10.6 Å². The van der Waals surface area contributed by atoms with Crippen LogP contribution in [-0.4, -0.2) is 41.5 Å². The summed E-state index contributed by atoms with van der Waals surface area (Å²) < 4.78 is 5.89. The van der Waals surface area contributed by atoms with Crippen molar-refractivity contribution in [3.05, 3.63) is 6.07 Å². The highest BCUT2D eigenvalue weighted by atomic mass is 32.2. The van der Waals surface area contributed by atoms with Crippen LogP contribution in [0.4, 0.5) is 11.6 Å². The average molecular weight is 308 g/mol. The first-order valence-electron chi connectivity index (χ1n) is 7.85. The van der Waals surface area contributed by atoms with Gasteiger partial charge in [0.1, 0.15) is 11.6 Å². The summed E-state index contributed by atoms with van der Waals surface area (Å²) in [6, 6.07) is 2.40. The lowest BCUT2D eigenvalue weighted by molar-refractivity contribution is 0.0898. The Morgan fingerprint density at radius 1 is 1.29 bits per heavy atom. The maximum Gasteiger partial charge on any atom is 0.191 e. The van der Waals surface area contributed by atoms with E-state index in [9.17, 15) is 0 Å². The first kappa shape index (κ1) is 14.9. The molecule has 21 heavy (non-hydrogen) atoms. The number of nitrogens with zero attached hydrogens (tertiary/aromatic N) is 2. The number of ether oxygens (including phenoxy) is 1. The van der Waals surface area contributed by atoms with Crippen molar-refractivity contribution in [1.82, 2.24) is 9.97 Å². The van der Waals surface area contributed by atoms with E-state index in [0.717, 1.165) is 48.7 Å². The van der Waals surface area contributed by atoms with Gasteiger partial charge >= 0.3 is 0 Å². The molecule has 1 aliphatic carbocycles. The number of hydrogen-bond donors (Lipinski definition) is 2. The minimum atomic E-state index is 0.366. The molecule has 116 valence electrons. The van der Waals surface area contributed by atoms with Crippen LogP contribution in [0.15, 0.2) is 11.2 Å². The number of aromatic nitrogens is 2. The van der Waals surface area contributed by atoms with Gasteiger partial charge in [-0.3, -0.25) is 0 Å². The van der Waals surface area contributed by atoms with Crippen molar-refractivity contribution in [2.24, 2.45) is 5.92 Å². The van der Waals surface area contributed by atoms with E-state index in [0.29, 0.717) is 12.1 Å². The third-order valence-electron chi connectivity index (χ3n) is 4.00. The third kappa shape index (κ3) is 3.80. The Labute approximate surface area is 130 Å². The zero-order valence-electron chi connectivity index (χ0n) is 12.8. The van der Waals surface area contributed by atoms with Gasteiger partial charge < -0.3 is 15.4 Å². The maximum atomic E-state index is 5.89. The monoisotopic (exact) mass is 308 g/mol. The Kier molecular flexibility index (Phi) is 4.85. The van der Waals surface area contributed by atoms with E-state index in [1.54, 1.807) is 11.8 Å². The predicted molar refractivity (Wildman–Crippen MR) is 87.1 cm³/mol. The molecule has 2 atom stereocenters. The largest absolute Gasteiger partial charge is 0.376 e. The van der Waals surface area contributed by atoms with E-state index >= 15 is 0 Å². The van der Waals surface area contributed by atoms with Crippen molar-refractivity contribution in [3.63, 3.8) is 0 Å². The van der Waals surface area contributed by atoms with Gasteiger partial charge in [-0.25, -0.2) is 9.97 Å². The van der Waals surface area contributed by atoms with Crippen molar-refractivity contribution in [1.29, 1.82) is 0 Å². The molecule has 2 N–H and O–H groups in total. The van der Waals surface area contributed by atoms with Crippen LogP contribution in [0.5, 0.6) is 0 Å². The highest BCUT2D eigenvalue weighted by Crippen LogP contribution is 2.39. The first-order valence-corrected chi connectivity index (χ1v) is 9.07. The first-order chi connectivity index (χ1) is 10.3. The molecule has 0 bridgehead atoms. The van der Waals surface area contributed by atoms with Gasteiger partial charge in [-0.15, -0.1) is 0 Å². The summed E-state index contributed by atoms with van der Waals surface area (Å²) in [5.74, 6) is 2.57. The SMILES string of the molecule is CCCNc1cc(NC2CCOC2C2CC2)nc(SC)n1. The zero-order chi connectivity index (χ0) is 14.7. The minimum Gasteiger partial charge on any atom is -0.376 e. The molecule has 1 saturated heterocycles. The number of rotatable bonds is 7. The normalized spacial score (nSPS) is 25.0. The van der Waals surface area contributed by atoms with Gasteiger partial charge in [-0.1, -0.05) is 18.7 Å². The molecule has 0 spiro atoms. The van der Waals surface area contributed by atoms with Crippen molar-refractivity contribution < 1.29 is 4.74 Å². The Morgan fingerprint density at radius 2 is 2.10 bits per heavy atom. The highest BCUT2D eigenvalue weighted by molar-refractivity contribution is 7.98. The second-order valence-electron chi connectivity index (χ2n) is 5.76. The second kappa shape index (κ2) is 6.83. The summed E-state index contributed by atoms with van der Waals surface area (Å²) in [5, 5.41) is 7.73. The van der Waals surface area contributed by atoms with Crippen molar-refractivity contribution >= 4 is 23.4 Å². The summed E-state index contributed by atoms with van der Waals surface area (Å²) in [7, 11) is 0. The van der Waals surface area contributed by atoms with Crippen LogP contribution in [0.2, 0.25) is 0 Å². The summed E-state index contributed by atoms with van der Waals surface area (Å²) >= 11 is 1.57. The van der Waals surface area contributed by atoms with Crippen molar-refractivity contribution in [2.45, 2.75) is 49.9 Å². The molecule has 2 unspecified atom stereocenters. The molecule has 1 aliphatic heterocycles. The van der Waals surface area contributed by atoms with Crippen LogP contribution >= 0.6 is 11.8 Å². The number of hydrogen-bond acceptors (Lipinski definition) is 6. The van der Waals surface area contributed by atoms with Crippen LogP contribution in [0.1, 0.15) is 32.6 Å². The maximum absolute atomic E-state index is 5.89. The Morgan fingerprint density at radius 3 is 2.81 bits per heavy atom. The van der Waals surface area contributed by atoms with Gasteiger partial charge in [-0.05, 0) is 37.9 Å². The van der Waals surface area contributed by atoms with E-state index in [-0.39, 0.29) is 0 Å². The molecule has 2 heterocycles. The summed E-state index contributed by atoms with van der Waals surface area (Å²) in [4.78, 5) is 9.08. The fraction of sp³-hybridized carbons (Fsp3) is 0.733. The topological polar surface area (TPSA) is 59.1 Å². The summed E-state index contributed by atoms with van der Waals surface area (Å²) in [5.41, 5.74) is 0. The molecule has 1 saturated carbocycles. The molecule has 0 amide bonds. The third-order valence-corrected chi connectivity index (χ3v) is 4.55. The number of anilines is 2. The fourth-order valence-electron chi connectivity index (χ4n) is 2.78. The van der Waals surface area contributed by atoms with E-state index in [4.69, 9.17) is 4.74 Å². The van der Waals surface area contributed by atoms with E-state index < -0.39 is 0 Å². The Hall–Kier alpha value is -1.01. The van der Waals surface area contributed by atoms with Gasteiger partial charge in [-0.2, -0.15) is 0 Å². The molecule has 2 aliphatic rings. The standard InChI is InChI=1S/C15H24N4OS/c1-3-7-16-12-9-13(19-15(18-12)21-2)17-11-6-8-20-14(11)10-4-5-10/h9-11,14H,3-8H2,1-2H3,(H2,16,17,18,19). The Bertz CT molecular complexity index is 481. The van der Waals surface area contributed by atoms with E-state index in [2.05, 4.69) is 27.5 Å². The van der Waals surface area contributed by atoms with Gasteiger partial charge in [0.05, 0.1) is 12.1 Å². The molecular weight excluding hydrogens is 284 g/mol. The molecule has 1 aromatic rings. The van der Waals surface area contributed by atoms with Crippen LogP contribution in [0.25, 0.3) is 0 Å². The molecule has 0 aromatic carbocycles. The lowest BCUT2D eigenvalue weighted by atomic mass is 10.1. The van der Waals surface area contributed by atoms with Gasteiger partial charge in [0, 0.05) is 19.2 Å². The summed E-state index contributed by atoms with van der Waals surface area (Å²) in [6.07, 6.45) is 7.15. The molecule has 0 radical (unpaired) electrons. The molecule has 3 rings (SSSR count). The van der Waals surface area contributed by atoms with Gasteiger partial charge in [0.2, 0.25) is 0 Å². The second-order valence-corrected chi connectivity index (χ2v) is 6.54. The highest BCUT2D eigenvalue weighted by Gasteiger charge is 2.40. The molecule has 5 nitrogen and oxygen atoms in total. The minimum absolute atomic E-state index is 0.366. The zero-order valence-corrected chi connectivity index (χ0v) is 13.6.